The molecule has 29 heavy (non-hydrogen) atoms. The number of anilines is 3. The van der Waals surface area contributed by atoms with Gasteiger partial charge in [-0.15, -0.1) is 0 Å². The molecule has 2 N–H and O–H groups in total. The lowest BCUT2D eigenvalue weighted by molar-refractivity contribution is 0.262. The van der Waals surface area contributed by atoms with Crippen LogP contribution in [0.5, 0.6) is 0 Å². The van der Waals surface area contributed by atoms with E-state index in [1.807, 2.05) is 37.3 Å². The molecule has 2 heterocycles. The predicted octanol–water partition coefficient (Wildman–Crippen LogP) is 6.14. The number of nitrogens with zero attached hydrogens (tertiary/aromatic N) is 2. The van der Waals surface area contributed by atoms with E-state index < -0.39 is 0 Å². The van der Waals surface area contributed by atoms with Crippen molar-refractivity contribution in [2.45, 2.75) is 33.1 Å². The quantitative estimate of drug-likeness (QED) is 0.547. The van der Waals surface area contributed by atoms with Crippen LogP contribution in [0.4, 0.5) is 22.0 Å². The van der Waals surface area contributed by atoms with Gasteiger partial charge in [-0.05, 0) is 80.6 Å². The van der Waals surface area contributed by atoms with Crippen molar-refractivity contribution < 1.29 is 4.79 Å². The van der Waals surface area contributed by atoms with Gasteiger partial charge in [-0.25, -0.2) is 9.78 Å². The normalized spacial score (nSPS) is 14.1. The van der Waals surface area contributed by atoms with Gasteiger partial charge in [-0.2, -0.15) is 0 Å². The molecule has 1 aliphatic heterocycles. The van der Waals surface area contributed by atoms with Crippen LogP contribution in [0, 0.1) is 13.8 Å². The first-order valence-electron chi connectivity index (χ1n) is 10.00. The highest BCUT2D eigenvalue weighted by Gasteiger charge is 2.14. The van der Waals surface area contributed by atoms with E-state index in [0.29, 0.717) is 10.7 Å². The standard InChI is InChI=1S/C23H25ClN4O/c1-15-6-7-18(14-20(15)24)26-23(29)25-17-8-9-21-19(13-17)16(2)12-22(27-21)28-10-4-3-5-11-28/h6-9,12-14H,3-5,10-11H2,1-2H3,(H2,25,26,29). The molecule has 0 bridgehead atoms. The molecule has 0 unspecified atom stereocenters. The van der Waals surface area contributed by atoms with E-state index in [1.54, 1.807) is 6.07 Å². The summed E-state index contributed by atoms with van der Waals surface area (Å²) in [5.74, 6) is 1.05. The van der Waals surface area contributed by atoms with Crippen LogP contribution < -0.4 is 15.5 Å². The third-order valence-corrected chi connectivity index (χ3v) is 5.78. The fourth-order valence-corrected chi connectivity index (χ4v) is 3.88. The van der Waals surface area contributed by atoms with Gasteiger partial charge >= 0.3 is 6.03 Å². The number of aromatic nitrogens is 1. The molecule has 6 heteroatoms. The van der Waals surface area contributed by atoms with Crippen molar-refractivity contribution in [3.05, 3.63) is 58.6 Å². The Morgan fingerprint density at radius 1 is 0.931 bits per heavy atom. The Bertz CT molecular complexity index is 1060. The third-order valence-electron chi connectivity index (χ3n) is 5.37. The number of urea groups is 1. The van der Waals surface area contributed by atoms with Crippen LogP contribution in [0.3, 0.4) is 0 Å². The van der Waals surface area contributed by atoms with Crippen LogP contribution in [-0.2, 0) is 0 Å². The number of amides is 2. The Morgan fingerprint density at radius 3 is 2.34 bits per heavy atom. The average Bonchev–Trinajstić information content (AvgIpc) is 2.71. The Morgan fingerprint density at radius 2 is 1.62 bits per heavy atom. The SMILES string of the molecule is Cc1ccc(NC(=O)Nc2ccc3nc(N4CCCCC4)cc(C)c3c2)cc1Cl. The first-order chi connectivity index (χ1) is 14.0. The molecule has 0 radical (unpaired) electrons. The zero-order chi connectivity index (χ0) is 20.4. The highest BCUT2D eigenvalue weighted by molar-refractivity contribution is 6.31. The summed E-state index contributed by atoms with van der Waals surface area (Å²) in [6.45, 7) is 6.16. The molecule has 4 rings (SSSR count). The van der Waals surface area contributed by atoms with Crippen LogP contribution in [0.1, 0.15) is 30.4 Å². The predicted molar refractivity (Wildman–Crippen MR) is 121 cm³/mol. The molecule has 2 amide bonds. The summed E-state index contributed by atoms with van der Waals surface area (Å²) in [7, 11) is 0. The van der Waals surface area contributed by atoms with Gasteiger partial charge < -0.3 is 15.5 Å². The molecule has 1 fully saturated rings. The number of hydrogen-bond donors (Lipinski definition) is 2. The first kappa shape index (κ1) is 19.5. The summed E-state index contributed by atoms with van der Waals surface area (Å²) >= 11 is 6.13. The molecule has 5 nitrogen and oxygen atoms in total. The first-order valence-corrected chi connectivity index (χ1v) is 10.4. The lowest BCUT2D eigenvalue weighted by Gasteiger charge is -2.28. The zero-order valence-electron chi connectivity index (χ0n) is 16.8. The van der Waals surface area contributed by atoms with Crippen molar-refractivity contribution in [2.75, 3.05) is 28.6 Å². The van der Waals surface area contributed by atoms with Crippen molar-refractivity contribution in [3.63, 3.8) is 0 Å². The minimum absolute atomic E-state index is 0.306. The van der Waals surface area contributed by atoms with Crippen molar-refractivity contribution >= 4 is 45.7 Å². The summed E-state index contributed by atoms with van der Waals surface area (Å²) in [5, 5.41) is 7.38. The Balaban J connectivity index is 1.51. The highest BCUT2D eigenvalue weighted by atomic mass is 35.5. The number of benzene rings is 2. The number of carbonyl (C=O) groups is 1. The van der Waals surface area contributed by atoms with Gasteiger partial charge in [-0.1, -0.05) is 17.7 Å². The van der Waals surface area contributed by atoms with Gasteiger partial charge in [-0.3, -0.25) is 0 Å². The number of pyridine rings is 1. The lowest BCUT2D eigenvalue weighted by atomic mass is 10.1. The summed E-state index contributed by atoms with van der Waals surface area (Å²) in [5.41, 5.74) is 4.46. The number of halogens is 1. The summed E-state index contributed by atoms with van der Waals surface area (Å²) in [6, 6.07) is 13.1. The molecular weight excluding hydrogens is 384 g/mol. The van der Waals surface area contributed by atoms with E-state index in [-0.39, 0.29) is 6.03 Å². The molecule has 0 saturated carbocycles. The summed E-state index contributed by atoms with van der Waals surface area (Å²) < 4.78 is 0. The second kappa shape index (κ2) is 8.29. The van der Waals surface area contributed by atoms with Gasteiger partial charge in [0.2, 0.25) is 0 Å². The van der Waals surface area contributed by atoms with Crippen LogP contribution in [0.2, 0.25) is 5.02 Å². The van der Waals surface area contributed by atoms with Gasteiger partial charge in [0.05, 0.1) is 5.52 Å². The molecule has 1 aliphatic rings. The highest BCUT2D eigenvalue weighted by Crippen LogP contribution is 2.27. The van der Waals surface area contributed by atoms with Crippen molar-refractivity contribution in [3.8, 4) is 0 Å². The van der Waals surface area contributed by atoms with Crippen molar-refractivity contribution in [1.82, 2.24) is 4.98 Å². The number of fused-ring (bicyclic) bond motifs is 1. The van der Waals surface area contributed by atoms with Crippen LogP contribution in [0.15, 0.2) is 42.5 Å². The summed E-state index contributed by atoms with van der Waals surface area (Å²) in [4.78, 5) is 19.6. The Labute approximate surface area is 176 Å². The third kappa shape index (κ3) is 4.46. The fraction of sp³-hybridized carbons (Fsp3) is 0.304. The van der Waals surface area contributed by atoms with Crippen LogP contribution in [-0.4, -0.2) is 24.1 Å². The maximum Gasteiger partial charge on any atom is 0.323 e. The van der Waals surface area contributed by atoms with E-state index in [1.165, 1.54) is 19.3 Å². The molecular formula is C23H25ClN4O. The second-order valence-corrected chi connectivity index (χ2v) is 8.03. The number of hydrogen-bond acceptors (Lipinski definition) is 3. The number of nitrogens with one attached hydrogen (secondary N) is 2. The van der Waals surface area contributed by atoms with E-state index >= 15 is 0 Å². The smallest absolute Gasteiger partial charge is 0.323 e. The maximum atomic E-state index is 12.4. The van der Waals surface area contributed by atoms with Crippen molar-refractivity contribution in [1.29, 1.82) is 0 Å². The van der Waals surface area contributed by atoms with E-state index in [0.717, 1.165) is 46.6 Å². The molecule has 150 valence electrons. The topological polar surface area (TPSA) is 57.3 Å². The van der Waals surface area contributed by atoms with Gasteiger partial charge in [0.15, 0.2) is 0 Å². The largest absolute Gasteiger partial charge is 0.357 e. The molecule has 0 aliphatic carbocycles. The molecule has 1 aromatic heterocycles. The maximum absolute atomic E-state index is 12.4. The summed E-state index contributed by atoms with van der Waals surface area (Å²) in [6.07, 6.45) is 3.75. The number of piperidine rings is 1. The number of rotatable bonds is 3. The zero-order valence-corrected chi connectivity index (χ0v) is 17.5. The van der Waals surface area contributed by atoms with E-state index in [9.17, 15) is 4.79 Å². The van der Waals surface area contributed by atoms with Crippen LogP contribution >= 0.6 is 11.6 Å². The lowest BCUT2D eigenvalue weighted by Crippen LogP contribution is -2.30. The number of aryl methyl sites for hydroxylation is 2. The molecule has 1 saturated heterocycles. The van der Waals surface area contributed by atoms with Crippen LogP contribution in [0.25, 0.3) is 10.9 Å². The molecule has 3 aromatic rings. The minimum Gasteiger partial charge on any atom is -0.357 e. The Kier molecular flexibility index (Phi) is 5.58. The van der Waals surface area contributed by atoms with Gasteiger partial charge in [0.25, 0.3) is 0 Å². The number of carbonyl (C=O) groups excluding carboxylic acids is 1. The molecule has 0 spiro atoms. The van der Waals surface area contributed by atoms with Gasteiger partial charge in [0, 0.05) is 34.9 Å². The fourth-order valence-electron chi connectivity index (χ4n) is 3.70. The monoisotopic (exact) mass is 408 g/mol. The average molecular weight is 409 g/mol. The molecule has 2 aromatic carbocycles. The van der Waals surface area contributed by atoms with E-state index in [4.69, 9.17) is 16.6 Å². The minimum atomic E-state index is -0.306. The Hall–Kier alpha value is -2.79. The second-order valence-electron chi connectivity index (χ2n) is 7.62. The van der Waals surface area contributed by atoms with Crippen molar-refractivity contribution in [2.24, 2.45) is 0 Å². The van der Waals surface area contributed by atoms with E-state index in [2.05, 4.69) is 28.5 Å². The molecule has 0 atom stereocenters. The van der Waals surface area contributed by atoms with Gasteiger partial charge in [0.1, 0.15) is 5.82 Å².